The summed E-state index contributed by atoms with van der Waals surface area (Å²) in [6.07, 6.45) is 3.54. The van der Waals surface area contributed by atoms with Gasteiger partial charge >= 0.3 is 0 Å². The number of benzene rings is 2. The Morgan fingerprint density at radius 3 is 2.43 bits per heavy atom. The van der Waals surface area contributed by atoms with Gasteiger partial charge in [-0.3, -0.25) is 14.9 Å². The van der Waals surface area contributed by atoms with Crippen molar-refractivity contribution >= 4 is 17.5 Å². The van der Waals surface area contributed by atoms with Crippen LogP contribution in [-0.4, -0.2) is 24.4 Å². The van der Waals surface area contributed by atoms with E-state index in [1.54, 1.807) is 12.1 Å². The van der Waals surface area contributed by atoms with Crippen molar-refractivity contribution < 1.29 is 14.0 Å². The maximum absolute atomic E-state index is 13.3. The lowest BCUT2D eigenvalue weighted by atomic mass is 10.1. The molecule has 1 saturated carbocycles. The summed E-state index contributed by atoms with van der Waals surface area (Å²) in [5.41, 5.74) is 2.66. The molecule has 28 heavy (non-hydrogen) atoms. The monoisotopic (exact) mass is 381 g/mol. The van der Waals surface area contributed by atoms with Gasteiger partial charge in [0.15, 0.2) is 0 Å². The third-order valence-electron chi connectivity index (χ3n) is 5.22. The van der Waals surface area contributed by atoms with E-state index >= 15 is 0 Å². The number of carbonyl (C=O) groups excluding carboxylic acids is 2. The summed E-state index contributed by atoms with van der Waals surface area (Å²) in [7, 11) is 0. The van der Waals surface area contributed by atoms with Crippen LogP contribution in [0.4, 0.5) is 10.1 Å². The first kappa shape index (κ1) is 18.6. The molecule has 2 N–H and O–H groups in total. The molecule has 4 rings (SSSR count). The van der Waals surface area contributed by atoms with Gasteiger partial charge in [0.2, 0.25) is 11.8 Å². The molecule has 1 unspecified atom stereocenters. The van der Waals surface area contributed by atoms with Gasteiger partial charge in [-0.05, 0) is 54.7 Å². The first-order valence-electron chi connectivity index (χ1n) is 9.79. The average Bonchev–Trinajstić information content (AvgIpc) is 3.41. The molecule has 2 fully saturated rings. The lowest BCUT2D eigenvalue weighted by Gasteiger charge is -2.20. The van der Waals surface area contributed by atoms with Gasteiger partial charge in [-0.15, -0.1) is 0 Å². The highest BCUT2D eigenvalue weighted by Gasteiger charge is 2.28. The van der Waals surface area contributed by atoms with Crippen LogP contribution in [0.3, 0.4) is 0 Å². The fourth-order valence-corrected chi connectivity index (χ4v) is 3.46. The van der Waals surface area contributed by atoms with Gasteiger partial charge in [0.25, 0.3) is 0 Å². The fraction of sp³-hybridized carbons (Fsp3) is 0.364. The first-order chi connectivity index (χ1) is 13.6. The molecule has 1 aliphatic carbocycles. The zero-order valence-electron chi connectivity index (χ0n) is 15.7. The molecule has 2 aromatic carbocycles. The average molecular weight is 381 g/mol. The zero-order valence-corrected chi connectivity index (χ0v) is 15.7. The summed E-state index contributed by atoms with van der Waals surface area (Å²) in [5.74, 6) is -0.246. The van der Waals surface area contributed by atoms with E-state index in [2.05, 4.69) is 10.6 Å². The maximum Gasteiger partial charge on any atom is 0.241 e. The number of halogens is 1. The fourth-order valence-electron chi connectivity index (χ4n) is 3.46. The Kier molecular flexibility index (Phi) is 5.39. The molecule has 1 heterocycles. The molecule has 0 radical (unpaired) electrons. The SMILES string of the molecule is O=C(NC1CC1)C(NCc1ccc(N2CCCC2=O)cc1)c1ccc(F)cc1. The minimum absolute atomic E-state index is 0.0895. The molecule has 0 spiro atoms. The van der Waals surface area contributed by atoms with Crippen molar-refractivity contribution in [2.45, 2.75) is 44.3 Å². The summed E-state index contributed by atoms with van der Waals surface area (Å²) in [5, 5.41) is 6.30. The Labute approximate surface area is 163 Å². The van der Waals surface area contributed by atoms with Gasteiger partial charge in [0.1, 0.15) is 11.9 Å². The summed E-state index contributed by atoms with van der Waals surface area (Å²) >= 11 is 0. The molecule has 1 saturated heterocycles. The molecule has 5 nitrogen and oxygen atoms in total. The van der Waals surface area contributed by atoms with Crippen molar-refractivity contribution in [1.29, 1.82) is 0 Å². The number of hydrogen-bond donors (Lipinski definition) is 2. The number of hydrogen-bond acceptors (Lipinski definition) is 3. The van der Waals surface area contributed by atoms with E-state index in [0.29, 0.717) is 13.0 Å². The molecule has 1 atom stereocenters. The summed E-state index contributed by atoms with van der Waals surface area (Å²) in [4.78, 5) is 26.3. The Morgan fingerprint density at radius 1 is 1.11 bits per heavy atom. The van der Waals surface area contributed by atoms with Crippen LogP contribution in [0, 0.1) is 5.82 Å². The summed E-state index contributed by atoms with van der Waals surface area (Å²) in [6, 6.07) is 13.6. The van der Waals surface area contributed by atoms with E-state index in [4.69, 9.17) is 0 Å². The van der Waals surface area contributed by atoms with E-state index in [-0.39, 0.29) is 23.7 Å². The largest absolute Gasteiger partial charge is 0.352 e. The number of amides is 2. The first-order valence-corrected chi connectivity index (χ1v) is 9.79. The molecule has 2 amide bonds. The quantitative estimate of drug-likeness (QED) is 0.775. The minimum Gasteiger partial charge on any atom is -0.352 e. The second-order valence-corrected chi connectivity index (χ2v) is 7.46. The molecule has 0 bridgehead atoms. The van der Waals surface area contributed by atoms with Crippen molar-refractivity contribution in [1.82, 2.24) is 10.6 Å². The Morgan fingerprint density at radius 2 is 1.82 bits per heavy atom. The normalized spacial score (nSPS) is 17.6. The number of nitrogens with one attached hydrogen (secondary N) is 2. The van der Waals surface area contributed by atoms with Crippen LogP contribution in [0.1, 0.15) is 42.9 Å². The van der Waals surface area contributed by atoms with Gasteiger partial charge in [-0.2, -0.15) is 0 Å². The van der Waals surface area contributed by atoms with Crippen LogP contribution in [0.15, 0.2) is 48.5 Å². The third-order valence-corrected chi connectivity index (χ3v) is 5.22. The van der Waals surface area contributed by atoms with Crippen LogP contribution in [0.25, 0.3) is 0 Å². The molecule has 2 aliphatic rings. The second kappa shape index (κ2) is 8.10. The maximum atomic E-state index is 13.3. The van der Waals surface area contributed by atoms with Crippen molar-refractivity contribution in [3.05, 3.63) is 65.5 Å². The van der Waals surface area contributed by atoms with Gasteiger partial charge in [0, 0.05) is 31.2 Å². The lowest BCUT2D eigenvalue weighted by Crippen LogP contribution is -2.38. The zero-order chi connectivity index (χ0) is 19.5. The number of rotatable bonds is 7. The predicted octanol–water partition coefficient (Wildman–Crippen LogP) is 3.06. The topological polar surface area (TPSA) is 61.4 Å². The van der Waals surface area contributed by atoms with Crippen LogP contribution in [0.5, 0.6) is 0 Å². The van der Waals surface area contributed by atoms with Gasteiger partial charge in [-0.1, -0.05) is 24.3 Å². The van der Waals surface area contributed by atoms with Crippen LogP contribution in [0.2, 0.25) is 0 Å². The molecule has 6 heteroatoms. The standard InChI is InChI=1S/C22H24FN3O2/c23-17-7-5-16(6-8-17)21(22(28)25-18-9-10-18)24-14-15-3-11-19(12-4-15)26-13-1-2-20(26)27/h3-8,11-12,18,21,24H,1-2,9-10,13-14H2,(H,25,28). The van der Waals surface area contributed by atoms with Crippen molar-refractivity contribution in [3.63, 3.8) is 0 Å². The van der Waals surface area contributed by atoms with Gasteiger partial charge in [0.05, 0.1) is 0 Å². The van der Waals surface area contributed by atoms with E-state index in [9.17, 15) is 14.0 Å². The highest BCUT2D eigenvalue weighted by molar-refractivity contribution is 5.95. The Bertz CT molecular complexity index is 847. The second-order valence-electron chi connectivity index (χ2n) is 7.46. The van der Waals surface area contributed by atoms with Crippen molar-refractivity contribution in [2.75, 3.05) is 11.4 Å². The van der Waals surface area contributed by atoms with Crippen molar-refractivity contribution in [2.24, 2.45) is 0 Å². The molecule has 2 aromatic rings. The smallest absolute Gasteiger partial charge is 0.241 e. The van der Waals surface area contributed by atoms with E-state index in [1.807, 2.05) is 29.2 Å². The Balaban J connectivity index is 1.43. The number of nitrogens with zero attached hydrogens (tertiary/aromatic N) is 1. The molecular formula is C22H24FN3O2. The summed E-state index contributed by atoms with van der Waals surface area (Å²) < 4.78 is 13.3. The number of anilines is 1. The third kappa shape index (κ3) is 4.39. The highest BCUT2D eigenvalue weighted by Crippen LogP contribution is 2.23. The van der Waals surface area contributed by atoms with E-state index in [0.717, 1.165) is 42.6 Å². The number of carbonyl (C=O) groups is 2. The minimum atomic E-state index is -0.541. The molecule has 146 valence electrons. The lowest BCUT2D eigenvalue weighted by molar-refractivity contribution is -0.123. The van der Waals surface area contributed by atoms with Gasteiger partial charge in [-0.25, -0.2) is 4.39 Å². The molecule has 0 aromatic heterocycles. The van der Waals surface area contributed by atoms with Crippen LogP contribution in [-0.2, 0) is 16.1 Å². The van der Waals surface area contributed by atoms with E-state index < -0.39 is 6.04 Å². The Hall–Kier alpha value is -2.73. The summed E-state index contributed by atoms with van der Waals surface area (Å²) in [6.45, 7) is 1.26. The van der Waals surface area contributed by atoms with Crippen molar-refractivity contribution in [3.8, 4) is 0 Å². The predicted molar refractivity (Wildman–Crippen MR) is 105 cm³/mol. The van der Waals surface area contributed by atoms with E-state index in [1.165, 1.54) is 12.1 Å². The highest BCUT2D eigenvalue weighted by atomic mass is 19.1. The molecular weight excluding hydrogens is 357 g/mol. The van der Waals surface area contributed by atoms with Crippen LogP contribution >= 0.6 is 0 Å². The molecule has 1 aliphatic heterocycles. The van der Waals surface area contributed by atoms with Gasteiger partial charge < -0.3 is 10.2 Å². The van der Waals surface area contributed by atoms with Crippen LogP contribution < -0.4 is 15.5 Å².